The summed E-state index contributed by atoms with van der Waals surface area (Å²) in [5.41, 5.74) is 12.4. The SMILES string of the molecule is Nc1ncc(-c2ccnc3c2cc2n3CCN(CC3CC3)C2=O)cc1-c1ccc(N2CCCC2=O)cc1. The Hall–Kier alpha value is -4.20. The molecule has 8 nitrogen and oxygen atoms in total. The quantitative estimate of drug-likeness (QED) is 0.447. The first-order valence-electron chi connectivity index (χ1n) is 13.0. The van der Waals surface area contributed by atoms with Gasteiger partial charge in [-0.15, -0.1) is 0 Å². The largest absolute Gasteiger partial charge is 0.383 e. The predicted molar refractivity (Wildman–Crippen MR) is 143 cm³/mol. The maximum absolute atomic E-state index is 13.2. The predicted octanol–water partition coefficient (Wildman–Crippen LogP) is 4.34. The molecule has 4 aromatic rings. The Bertz CT molecular complexity index is 1550. The zero-order valence-corrected chi connectivity index (χ0v) is 20.6. The molecule has 1 saturated heterocycles. The molecule has 0 bridgehead atoms. The minimum atomic E-state index is 0.0924. The molecule has 8 heteroatoms. The second-order valence-electron chi connectivity index (χ2n) is 10.3. The zero-order chi connectivity index (χ0) is 25.1. The van der Waals surface area contributed by atoms with Crippen molar-refractivity contribution < 1.29 is 9.59 Å². The summed E-state index contributed by atoms with van der Waals surface area (Å²) in [6.45, 7) is 3.10. The summed E-state index contributed by atoms with van der Waals surface area (Å²) >= 11 is 0. The first-order valence-corrected chi connectivity index (χ1v) is 13.0. The highest BCUT2D eigenvalue weighted by Gasteiger charge is 2.32. The van der Waals surface area contributed by atoms with Crippen molar-refractivity contribution in [3.8, 4) is 22.3 Å². The fourth-order valence-corrected chi connectivity index (χ4v) is 5.67. The number of nitrogen functional groups attached to an aromatic ring is 1. The Morgan fingerprint density at radius 1 is 0.919 bits per heavy atom. The molecule has 3 aromatic heterocycles. The average molecular weight is 493 g/mol. The Balaban J connectivity index is 1.25. The van der Waals surface area contributed by atoms with Gasteiger partial charge in [-0.1, -0.05) is 12.1 Å². The molecule has 2 aliphatic heterocycles. The third kappa shape index (κ3) is 3.75. The minimum Gasteiger partial charge on any atom is -0.383 e. The number of benzene rings is 1. The Labute approximate surface area is 214 Å². The summed E-state index contributed by atoms with van der Waals surface area (Å²) in [7, 11) is 0. The van der Waals surface area contributed by atoms with Crippen LogP contribution in [-0.2, 0) is 11.3 Å². The normalized spacial score (nSPS) is 17.6. The number of hydrogen-bond acceptors (Lipinski definition) is 5. The number of hydrogen-bond donors (Lipinski definition) is 1. The van der Waals surface area contributed by atoms with E-state index in [1.54, 1.807) is 12.4 Å². The number of carbonyl (C=O) groups excluding carboxylic acids is 2. The van der Waals surface area contributed by atoms with Crippen molar-refractivity contribution in [1.82, 2.24) is 19.4 Å². The molecule has 3 aliphatic rings. The second-order valence-corrected chi connectivity index (χ2v) is 10.3. The van der Waals surface area contributed by atoms with Gasteiger partial charge in [0.1, 0.15) is 17.2 Å². The van der Waals surface area contributed by atoms with Gasteiger partial charge in [-0.3, -0.25) is 9.59 Å². The highest BCUT2D eigenvalue weighted by atomic mass is 16.2. The topological polar surface area (TPSA) is 97.3 Å². The van der Waals surface area contributed by atoms with Gasteiger partial charge in [-0.05, 0) is 66.6 Å². The van der Waals surface area contributed by atoms with Gasteiger partial charge in [0.25, 0.3) is 5.91 Å². The highest BCUT2D eigenvalue weighted by Crippen LogP contribution is 2.36. The van der Waals surface area contributed by atoms with E-state index in [4.69, 9.17) is 5.73 Å². The number of anilines is 2. The fraction of sp³-hybridized carbons (Fsp3) is 0.310. The van der Waals surface area contributed by atoms with Crippen LogP contribution in [0.4, 0.5) is 11.5 Å². The number of aromatic nitrogens is 3. The van der Waals surface area contributed by atoms with Crippen LogP contribution in [0.2, 0.25) is 0 Å². The van der Waals surface area contributed by atoms with Crippen LogP contribution < -0.4 is 10.6 Å². The molecule has 0 unspecified atom stereocenters. The van der Waals surface area contributed by atoms with E-state index in [2.05, 4.69) is 14.5 Å². The zero-order valence-electron chi connectivity index (χ0n) is 20.6. The molecule has 2 fully saturated rings. The van der Waals surface area contributed by atoms with Crippen molar-refractivity contribution in [2.24, 2.45) is 5.92 Å². The Kier molecular flexibility index (Phi) is 5.02. The molecule has 1 saturated carbocycles. The fourth-order valence-electron chi connectivity index (χ4n) is 5.67. The van der Waals surface area contributed by atoms with E-state index in [1.165, 1.54) is 12.8 Å². The molecular formula is C29H28N6O2. The van der Waals surface area contributed by atoms with Crippen LogP contribution in [0.15, 0.2) is 54.9 Å². The van der Waals surface area contributed by atoms with E-state index in [9.17, 15) is 9.59 Å². The van der Waals surface area contributed by atoms with Gasteiger partial charge in [0.2, 0.25) is 5.91 Å². The van der Waals surface area contributed by atoms with Crippen LogP contribution in [0.3, 0.4) is 0 Å². The molecule has 7 rings (SSSR count). The van der Waals surface area contributed by atoms with E-state index in [0.29, 0.717) is 23.9 Å². The van der Waals surface area contributed by atoms with Crippen molar-refractivity contribution >= 4 is 34.4 Å². The Morgan fingerprint density at radius 3 is 2.51 bits per heavy atom. The number of carbonyl (C=O) groups is 2. The number of amides is 2. The second kappa shape index (κ2) is 8.44. The van der Waals surface area contributed by atoms with Crippen LogP contribution in [0.25, 0.3) is 33.3 Å². The van der Waals surface area contributed by atoms with E-state index in [-0.39, 0.29) is 11.8 Å². The first kappa shape index (κ1) is 22.0. The van der Waals surface area contributed by atoms with Crippen LogP contribution in [-0.4, -0.2) is 50.9 Å². The molecule has 0 radical (unpaired) electrons. The van der Waals surface area contributed by atoms with Crippen LogP contribution in [0, 0.1) is 5.92 Å². The maximum Gasteiger partial charge on any atom is 0.270 e. The third-order valence-corrected chi connectivity index (χ3v) is 7.86. The van der Waals surface area contributed by atoms with E-state index in [0.717, 1.165) is 71.6 Å². The molecule has 186 valence electrons. The number of rotatable bonds is 5. The van der Waals surface area contributed by atoms with E-state index in [1.807, 2.05) is 52.3 Å². The smallest absolute Gasteiger partial charge is 0.270 e. The number of fused-ring (bicyclic) bond motifs is 3. The van der Waals surface area contributed by atoms with Gasteiger partial charge < -0.3 is 20.1 Å². The lowest BCUT2D eigenvalue weighted by Gasteiger charge is -2.28. The lowest BCUT2D eigenvalue weighted by Crippen LogP contribution is -2.41. The summed E-state index contributed by atoms with van der Waals surface area (Å²) in [6.07, 6.45) is 7.53. The van der Waals surface area contributed by atoms with Crippen molar-refractivity contribution in [3.63, 3.8) is 0 Å². The van der Waals surface area contributed by atoms with E-state index >= 15 is 0 Å². The lowest BCUT2D eigenvalue weighted by molar-refractivity contribution is -0.117. The molecule has 2 amide bonds. The average Bonchev–Trinajstić information content (AvgIpc) is 3.50. The Morgan fingerprint density at radius 2 is 1.76 bits per heavy atom. The van der Waals surface area contributed by atoms with Gasteiger partial charge >= 0.3 is 0 Å². The van der Waals surface area contributed by atoms with Gasteiger partial charge in [-0.25, -0.2) is 9.97 Å². The van der Waals surface area contributed by atoms with Gasteiger partial charge in [0.05, 0.1) is 0 Å². The number of nitrogens with zero attached hydrogens (tertiary/aromatic N) is 5. The van der Waals surface area contributed by atoms with Gasteiger partial charge in [0, 0.05) is 67.2 Å². The van der Waals surface area contributed by atoms with E-state index < -0.39 is 0 Å². The molecule has 2 N–H and O–H groups in total. The molecule has 37 heavy (non-hydrogen) atoms. The van der Waals surface area contributed by atoms with Gasteiger partial charge in [0.15, 0.2) is 0 Å². The number of nitrogens with two attached hydrogens (primary N) is 1. The minimum absolute atomic E-state index is 0.0924. The lowest BCUT2D eigenvalue weighted by atomic mass is 9.99. The van der Waals surface area contributed by atoms with Crippen LogP contribution in [0.5, 0.6) is 0 Å². The van der Waals surface area contributed by atoms with Crippen molar-refractivity contribution in [2.45, 2.75) is 32.2 Å². The summed E-state index contributed by atoms with van der Waals surface area (Å²) in [6, 6.07) is 13.9. The van der Waals surface area contributed by atoms with Crippen LogP contribution in [0.1, 0.15) is 36.2 Å². The molecule has 1 aromatic carbocycles. The molecule has 5 heterocycles. The summed E-state index contributed by atoms with van der Waals surface area (Å²) in [4.78, 5) is 38.3. The van der Waals surface area contributed by atoms with Crippen molar-refractivity contribution in [2.75, 3.05) is 30.3 Å². The first-order chi connectivity index (χ1) is 18.1. The molecular weight excluding hydrogens is 464 g/mol. The van der Waals surface area contributed by atoms with Crippen LogP contribution >= 0.6 is 0 Å². The summed E-state index contributed by atoms with van der Waals surface area (Å²) in [5.74, 6) is 1.37. The van der Waals surface area contributed by atoms with Gasteiger partial charge in [-0.2, -0.15) is 0 Å². The maximum atomic E-state index is 13.2. The van der Waals surface area contributed by atoms with Crippen molar-refractivity contribution in [3.05, 3.63) is 60.6 Å². The summed E-state index contributed by atoms with van der Waals surface area (Å²) < 4.78 is 2.05. The summed E-state index contributed by atoms with van der Waals surface area (Å²) in [5, 5.41) is 0.944. The van der Waals surface area contributed by atoms with Crippen molar-refractivity contribution in [1.29, 1.82) is 0 Å². The number of pyridine rings is 2. The molecule has 1 aliphatic carbocycles. The highest BCUT2D eigenvalue weighted by molar-refractivity contribution is 6.03. The third-order valence-electron chi connectivity index (χ3n) is 7.86. The standard InChI is InChI=1S/C29H28N6O2/c30-27-23(19-5-7-21(8-6-19)34-11-1-2-26(34)36)14-20(16-32-27)22-9-10-31-28-24(22)15-25-29(37)33(12-13-35(25)28)17-18-3-4-18/h5-10,14-16,18H,1-4,11-13,17H2,(H2,30,32). The molecule has 0 spiro atoms. The molecule has 0 atom stereocenters. The monoisotopic (exact) mass is 492 g/mol.